The van der Waals surface area contributed by atoms with E-state index in [4.69, 9.17) is 12.3 Å². The van der Waals surface area contributed by atoms with Crippen molar-refractivity contribution in [2.45, 2.75) is 20.6 Å². The van der Waals surface area contributed by atoms with E-state index in [1.165, 1.54) is 18.6 Å². The first-order chi connectivity index (χ1) is 40.5. The van der Waals surface area contributed by atoms with E-state index < -0.39 is 20.6 Å². The first kappa shape index (κ1) is 37.2. The van der Waals surface area contributed by atoms with Crippen LogP contribution < -0.4 is 0 Å². The van der Waals surface area contributed by atoms with Crippen molar-refractivity contribution in [2.24, 2.45) is 0 Å². The molecule has 12 aromatic rings. The molecule has 3 heteroatoms. The summed E-state index contributed by atoms with van der Waals surface area (Å²) in [6, 6.07) is 83.9. The highest BCUT2D eigenvalue weighted by Gasteiger charge is 2.19. The molecular formula is C72H53N3. The minimum absolute atomic E-state index is 0.181. The molecule has 0 unspecified atom stereocenters. The zero-order valence-corrected chi connectivity index (χ0v) is 40.7. The first-order valence-corrected chi connectivity index (χ1v) is 24.9. The molecule has 0 spiro atoms. The monoisotopic (exact) mass is 968 g/mol. The lowest BCUT2D eigenvalue weighted by atomic mass is 9.84. The van der Waals surface area contributed by atoms with Crippen LogP contribution in [-0.2, 0) is 0 Å². The maximum Gasteiger partial charge on any atom is 0.0702 e. The lowest BCUT2D eigenvalue weighted by Crippen LogP contribution is -1.94. The largest absolute Gasteiger partial charge is 0.256 e. The molecule has 9 aromatic carbocycles. The fraction of sp³-hybridized carbons (Fsp3) is 0.0417. The van der Waals surface area contributed by atoms with Gasteiger partial charge in [-0.15, -0.1) is 0 Å². The van der Waals surface area contributed by atoms with E-state index in [0.717, 1.165) is 106 Å². The van der Waals surface area contributed by atoms with Crippen molar-refractivity contribution < 1.29 is 12.3 Å². The second-order valence-corrected chi connectivity index (χ2v) is 18.6. The van der Waals surface area contributed by atoms with Gasteiger partial charge in [-0.1, -0.05) is 206 Å². The van der Waals surface area contributed by atoms with Crippen molar-refractivity contribution in [3.05, 3.63) is 284 Å². The fourth-order valence-corrected chi connectivity index (χ4v) is 10.0. The van der Waals surface area contributed by atoms with Gasteiger partial charge in [-0.3, -0.25) is 15.0 Å². The molecule has 0 aliphatic heterocycles. The Bertz CT molecular complexity index is 4150. The van der Waals surface area contributed by atoms with Crippen LogP contribution in [0.5, 0.6) is 0 Å². The van der Waals surface area contributed by atoms with E-state index in [1.807, 2.05) is 54.6 Å². The molecule has 0 aliphatic rings. The lowest BCUT2D eigenvalue weighted by Gasteiger charge is -2.19. The Hall–Kier alpha value is -9.57. The molecule has 75 heavy (non-hydrogen) atoms. The van der Waals surface area contributed by atoms with Gasteiger partial charge >= 0.3 is 0 Å². The number of hydrogen-bond donors (Lipinski definition) is 0. The van der Waals surface area contributed by atoms with Gasteiger partial charge in [0.15, 0.2) is 0 Å². The minimum Gasteiger partial charge on any atom is -0.256 e. The molecule has 0 bridgehead atoms. The van der Waals surface area contributed by atoms with Gasteiger partial charge in [0.05, 0.1) is 17.1 Å². The van der Waals surface area contributed by atoms with Gasteiger partial charge in [-0.25, -0.2) is 0 Å². The third kappa shape index (κ3) is 9.76. The average molecular weight is 969 g/mol. The van der Waals surface area contributed by atoms with Crippen LogP contribution in [0.4, 0.5) is 0 Å². The van der Waals surface area contributed by atoms with E-state index in [9.17, 15) is 0 Å². The summed E-state index contributed by atoms with van der Waals surface area (Å²) in [6.45, 7) is -6.76. The Labute approximate surface area is 452 Å². The molecular weight excluding hydrogens is 907 g/mol. The summed E-state index contributed by atoms with van der Waals surface area (Å²) in [7, 11) is 0. The zero-order valence-electron chi connectivity index (χ0n) is 49.7. The van der Waals surface area contributed by atoms with Gasteiger partial charge in [0, 0.05) is 47.6 Å². The average Bonchev–Trinajstić information content (AvgIpc) is 3.71. The van der Waals surface area contributed by atoms with Gasteiger partial charge in [0.2, 0.25) is 0 Å². The summed E-state index contributed by atoms with van der Waals surface area (Å²) in [6.07, 6.45) is 4.29. The standard InChI is InChI=1S/C72H53N3/c1-48-21-38-70(73-45-48)56-32-28-53(29-33-56)62-15-7-9-17-64(62)59-41-60(65-18-10-8-16-63(65)54-30-34-57(35-31-54)71-39-22-49(2)46-74-71)43-61(42-59)66-19-11-12-20-67(66)68-37-36-58(72-40-23-50(3)47-75-72)44-69(68)55-26-24-52(25-27-55)51-13-5-4-6-14-51/h4-47H,1-3H3/i1D3,2D3,3D3. The molecule has 0 saturated heterocycles. The highest BCUT2D eigenvalue weighted by molar-refractivity contribution is 5.97. The minimum atomic E-state index is -2.28. The van der Waals surface area contributed by atoms with Gasteiger partial charge in [0.25, 0.3) is 0 Å². The van der Waals surface area contributed by atoms with Crippen molar-refractivity contribution in [1.82, 2.24) is 15.0 Å². The summed E-state index contributed by atoms with van der Waals surface area (Å²) in [4.78, 5) is 13.7. The molecule has 0 aliphatic carbocycles. The van der Waals surface area contributed by atoms with Crippen molar-refractivity contribution in [3.63, 3.8) is 0 Å². The van der Waals surface area contributed by atoms with Crippen LogP contribution in [0.25, 0.3) is 123 Å². The van der Waals surface area contributed by atoms with Gasteiger partial charge in [0.1, 0.15) is 0 Å². The lowest BCUT2D eigenvalue weighted by molar-refractivity contribution is 1.27. The second kappa shape index (κ2) is 20.5. The van der Waals surface area contributed by atoms with Crippen LogP contribution in [0, 0.1) is 20.6 Å². The van der Waals surface area contributed by atoms with E-state index in [-0.39, 0.29) is 16.7 Å². The number of rotatable bonds is 11. The molecule has 0 radical (unpaired) electrons. The number of aromatic nitrogens is 3. The van der Waals surface area contributed by atoms with E-state index in [1.54, 1.807) is 36.4 Å². The van der Waals surface area contributed by atoms with E-state index in [0.29, 0.717) is 17.1 Å². The number of hydrogen-bond acceptors (Lipinski definition) is 3. The fourth-order valence-electron chi connectivity index (χ4n) is 10.0. The smallest absolute Gasteiger partial charge is 0.0702 e. The van der Waals surface area contributed by atoms with Crippen molar-refractivity contribution in [3.8, 4) is 123 Å². The molecule has 356 valence electrons. The summed E-state index contributed by atoms with van der Waals surface area (Å²) < 4.78 is 70.9. The molecule has 3 nitrogen and oxygen atoms in total. The highest BCUT2D eigenvalue weighted by atomic mass is 14.7. The molecule has 0 N–H and O–H groups in total. The van der Waals surface area contributed by atoms with Crippen LogP contribution >= 0.6 is 0 Å². The molecule has 3 heterocycles. The maximum atomic E-state index is 7.98. The first-order valence-electron chi connectivity index (χ1n) is 29.4. The van der Waals surface area contributed by atoms with Gasteiger partial charge < -0.3 is 0 Å². The summed E-state index contributed by atoms with van der Waals surface area (Å²) in [5.74, 6) is 0. The molecule has 3 aromatic heterocycles. The molecule has 0 atom stereocenters. The highest BCUT2D eigenvalue weighted by Crippen LogP contribution is 2.45. The predicted molar refractivity (Wildman–Crippen MR) is 314 cm³/mol. The normalized spacial score (nSPS) is 13.4. The van der Waals surface area contributed by atoms with Gasteiger partial charge in [-0.05, 0) is 169 Å². The van der Waals surface area contributed by atoms with Crippen LogP contribution in [0.3, 0.4) is 0 Å². The van der Waals surface area contributed by atoms with E-state index in [2.05, 4.69) is 173 Å². The second-order valence-electron chi connectivity index (χ2n) is 18.6. The summed E-state index contributed by atoms with van der Waals surface area (Å²) in [5, 5.41) is 0. The molecule has 0 amide bonds. The van der Waals surface area contributed by atoms with Crippen molar-refractivity contribution in [1.29, 1.82) is 0 Å². The zero-order chi connectivity index (χ0) is 58.2. The number of nitrogens with zero attached hydrogens (tertiary/aromatic N) is 3. The third-order valence-electron chi connectivity index (χ3n) is 13.8. The number of pyridine rings is 3. The Morgan fingerprint density at radius 2 is 0.520 bits per heavy atom. The maximum absolute atomic E-state index is 7.98. The number of aryl methyl sites for hydroxylation is 3. The van der Waals surface area contributed by atoms with Crippen LogP contribution in [0.2, 0.25) is 0 Å². The summed E-state index contributed by atoms with van der Waals surface area (Å²) >= 11 is 0. The summed E-state index contributed by atoms with van der Waals surface area (Å²) in [5.41, 5.74) is 21.4. The Kier molecular flexibility index (Phi) is 10.2. The van der Waals surface area contributed by atoms with Crippen molar-refractivity contribution in [2.75, 3.05) is 0 Å². The van der Waals surface area contributed by atoms with Crippen LogP contribution in [0.15, 0.2) is 267 Å². The Balaban J connectivity index is 1.01. The van der Waals surface area contributed by atoms with Crippen LogP contribution in [0.1, 0.15) is 29.0 Å². The predicted octanol–water partition coefficient (Wildman–Crippen LogP) is 19.1. The van der Waals surface area contributed by atoms with E-state index >= 15 is 0 Å². The topological polar surface area (TPSA) is 38.7 Å². The quantitative estimate of drug-likeness (QED) is 0.130. The molecule has 0 saturated carbocycles. The van der Waals surface area contributed by atoms with Crippen LogP contribution in [-0.4, -0.2) is 15.0 Å². The Morgan fingerprint density at radius 1 is 0.213 bits per heavy atom. The molecule has 12 rings (SSSR count). The Morgan fingerprint density at radius 3 is 0.933 bits per heavy atom. The van der Waals surface area contributed by atoms with Gasteiger partial charge in [-0.2, -0.15) is 0 Å². The third-order valence-corrected chi connectivity index (χ3v) is 13.8. The van der Waals surface area contributed by atoms with Crippen molar-refractivity contribution >= 4 is 0 Å². The number of benzene rings is 9. The molecule has 0 fully saturated rings. The SMILES string of the molecule is [2H]C([2H])([2H])c1ccc(-c2ccc(-c3ccccc3-c3cc(-c4ccccc4-c4ccc(-c5ccc(C([2H])([2H])[2H])cn5)cc4)cc(-c4ccccc4-c4ccc(-c5ccc(C([2H])([2H])[2H])cn5)cc4-c4ccc(-c5ccccc5)cc4)c3)cc2)nc1.